The van der Waals surface area contributed by atoms with Gasteiger partial charge in [-0.15, -0.1) is 0 Å². The molecule has 2 rings (SSSR count). The Hall–Kier alpha value is -1.67. The molecule has 112 valence electrons. The molecule has 1 aliphatic rings. The molecule has 8 nitrogen and oxygen atoms in total. The summed E-state index contributed by atoms with van der Waals surface area (Å²) in [4.78, 5) is 12.5. The summed E-state index contributed by atoms with van der Waals surface area (Å²) < 4.78 is 11.1. The highest BCUT2D eigenvalue weighted by molar-refractivity contribution is 5.38. The summed E-state index contributed by atoms with van der Waals surface area (Å²) >= 11 is 0. The standard InChI is InChI=1S/C12H22N6O2/c1-7(2)20-11-15-9(14-10(16-11)18-13)17-12(4)5-6-19-8(12)3/h7-8H,5-6,13H2,1-4H3,(H2,14,15,16,17,18). The van der Waals surface area contributed by atoms with Gasteiger partial charge < -0.3 is 14.8 Å². The van der Waals surface area contributed by atoms with Gasteiger partial charge in [0.2, 0.25) is 11.9 Å². The van der Waals surface area contributed by atoms with Crippen LogP contribution in [0, 0.1) is 0 Å². The molecule has 1 saturated heterocycles. The van der Waals surface area contributed by atoms with E-state index in [-0.39, 0.29) is 29.7 Å². The van der Waals surface area contributed by atoms with Gasteiger partial charge in [0.15, 0.2) is 0 Å². The molecule has 2 unspecified atom stereocenters. The van der Waals surface area contributed by atoms with Crippen molar-refractivity contribution in [3.05, 3.63) is 0 Å². The van der Waals surface area contributed by atoms with Gasteiger partial charge in [-0.05, 0) is 34.1 Å². The molecule has 2 heterocycles. The highest BCUT2D eigenvalue weighted by atomic mass is 16.5. The number of hydrogen-bond donors (Lipinski definition) is 3. The first-order chi connectivity index (χ1) is 9.43. The summed E-state index contributed by atoms with van der Waals surface area (Å²) in [6, 6.07) is 0.237. The summed E-state index contributed by atoms with van der Waals surface area (Å²) in [5, 5.41) is 3.29. The summed E-state index contributed by atoms with van der Waals surface area (Å²) in [5.74, 6) is 6.05. The number of nitrogen functional groups attached to an aromatic ring is 1. The molecular formula is C12H22N6O2. The summed E-state index contributed by atoms with van der Waals surface area (Å²) in [5.41, 5.74) is 2.20. The maximum atomic E-state index is 5.59. The Balaban J connectivity index is 2.22. The van der Waals surface area contributed by atoms with E-state index in [1.54, 1.807) is 0 Å². The van der Waals surface area contributed by atoms with E-state index in [1.807, 2.05) is 20.8 Å². The van der Waals surface area contributed by atoms with E-state index >= 15 is 0 Å². The quantitative estimate of drug-likeness (QED) is 0.540. The largest absolute Gasteiger partial charge is 0.461 e. The number of nitrogens with zero attached hydrogens (tertiary/aromatic N) is 3. The second-order valence-corrected chi connectivity index (χ2v) is 5.38. The van der Waals surface area contributed by atoms with Crippen molar-refractivity contribution in [3.8, 4) is 6.01 Å². The lowest BCUT2D eigenvalue weighted by Gasteiger charge is -2.28. The van der Waals surface area contributed by atoms with Crippen LogP contribution < -0.4 is 21.3 Å². The van der Waals surface area contributed by atoms with Crippen LogP contribution >= 0.6 is 0 Å². The van der Waals surface area contributed by atoms with Crippen molar-refractivity contribution in [1.82, 2.24) is 15.0 Å². The molecule has 4 N–H and O–H groups in total. The Morgan fingerprint density at radius 3 is 2.60 bits per heavy atom. The zero-order valence-corrected chi connectivity index (χ0v) is 12.3. The lowest BCUT2D eigenvalue weighted by molar-refractivity contribution is 0.105. The molecule has 1 aromatic rings. The first-order valence-corrected chi connectivity index (χ1v) is 6.72. The van der Waals surface area contributed by atoms with Crippen molar-refractivity contribution in [2.45, 2.75) is 51.9 Å². The van der Waals surface area contributed by atoms with Crippen LogP contribution in [0.15, 0.2) is 0 Å². The predicted molar refractivity (Wildman–Crippen MR) is 75.5 cm³/mol. The van der Waals surface area contributed by atoms with Crippen molar-refractivity contribution < 1.29 is 9.47 Å². The van der Waals surface area contributed by atoms with Gasteiger partial charge in [-0.2, -0.15) is 15.0 Å². The minimum absolute atomic E-state index is 0.0276. The number of nitrogens with one attached hydrogen (secondary N) is 2. The number of hydrogen-bond acceptors (Lipinski definition) is 8. The Kier molecular flexibility index (Phi) is 4.24. The fourth-order valence-corrected chi connectivity index (χ4v) is 1.99. The van der Waals surface area contributed by atoms with Crippen LogP contribution in [0.4, 0.5) is 11.9 Å². The first kappa shape index (κ1) is 14.7. The van der Waals surface area contributed by atoms with Crippen molar-refractivity contribution >= 4 is 11.9 Å². The second-order valence-electron chi connectivity index (χ2n) is 5.38. The zero-order chi connectivity index (χ0) is 14.8. The molecular weight excluding hydrogens is 260 g/mol. The van der Waals surface area contributed by atoms with Gasteiger partial charge in [-0.3, -0.25) is 5.43 Å². The topological polar surface area (TPSA) is 107 Å². The Morgan fingerprint density at radius 2 is 2.05 bits per heavy atom. The van der Waals surface area contributed by atoms with E-state index < -0.39 is 0 Å². The van der Waals surface area contributed by atoms with Gasteiger partial charge in [0.25, 0.3) is 0 Å². The summed E-state index contributed by atoms with van der Waals surface area (Å²) in [6.07, 6.45) is 0.925. The molecule has 0 radical (unpaired) electrons. The van der Waals surface area contributed by atoms with E-state index in [9.17, 15) is 0 Å². The van der Waals surface area contributed by atoms with Crippen molar-refractivity contribution in [2.24, 2.45) is 5.84 Å². The number of anilines is 2. The molecule has 0 amide bonds. The number of rotatable bonds is 5. The smallest absolute Gasteiger partial charge is 0.323 e. The molecule has 0 bridgehead atoms. The molecule has 2 atom stereocenters. The normalized spacial score (nSPS) is 25.8. The van der Waals surface area contributed by atoms with E-state index in [2.05, 4.69) is 32.6 Å². The molecule has 0 spiro atoms. The minimum Gasteiger partial charge on any atom is -0.461 e. The van der Waals surface area contributed by atoms with Gasteiger partial charge in [0, 0.05) is 6.61 Å². The molecule has 0 aliphatic carbocycles. The number of nitrogens with two attached hydrogens (primary N) is 1. The number of aromatic nitrogens is 3. The van der Waals surface area contributed by atoms with Crippen molar-refractivity contribution in [2.75, 3.05) is 17.3 Å². The predicted octanol–water partition coefficient (Wildman–Crippen LogP) is 0.924. The third kappa shape index (κ3) is 3.26. The Labute approximate surface area is 118 Å². The van der Waals surface area contributed by atoms with Crippen LogP contribution in [-0.4, -0.2) is 39.3 Å². The zero-order valence-electron chi connectivity index (χ0n) is 12.3. The molecule has 20 heavy (non-hydrogen) atoms. The Morgan fingerprint density at radius 1 is 1.35 bits per heavy atom. The maximum Gasteiger partial charge on any atom is 0.323 e. The average Bonchev–Trinajstić information content (AvgIpc) is 2.68. The summed E-state index contributed by atoms with van der Waals surface area (Å²) in [6.45, 7) is 8.62. The van der Waals surface area contributed by atoms with Gasteiger partial charge >= 0.3 is 6.01 Å². The third-order valence-corrected chi connectivity index (χ3v) is 3.37. The van der Waals surface area contributed by atoms with Crippen LogP contribution in [0.2, 0.25) is 0 Å². The second kappa shape index (κ2) is 5.76. The molecule has 0 saturated carbocycles. The fourth-order valence-electron chi connectivity index (χ4n) is 1.99. The summed E-state index contributed by atoms with van der Waals surface area (Å²) in [7, 11) is 0. The highest BCUT2D eigenvalue weighted by Gasteiger charge is 2.37. The van der Waals surface area contributed by atoms with Gasteiger partial charge in [0.1, 0.15) is 0 Å². The molecule has 1 fully saturated rings. The van der Waals surface area contributed by atoms with E-state index in [1.165, 1.54) is 0 Å². The minimum atomic E-state index is -0.220. The SMILES string of the molecule is CC(C)Oc1nc(NN)nc(NC2(C)CCOC2C)n1. The lowest BCUT2D eigenvalue weighted by atomic mass is 9.95. The van der Waals surface area contributed by atoms with Crippen LogP contribution in [0.1, 0.15) is 34.1 Å². The van der Waals surface area contributed by atoms with Crippen molar-refractivity contribution in [1.29, 1.82) is 0 Å². The van der Waals surface area contributed by atoms with Crippen LogP contribution in [-0.2, 0) is 4.74 Å². The van der Waals surface area contributed by atoms with Gasteiger partial charge in [0.05, 0.1) is 17.7 Å². The van der Waals surface area contributed by atoms with E-state index in [0.29, 0.717) is 12.6 Å². The molecule has 0 aromatic carbocycles. The van der Waals surface area contributed by atoms with E-state index in [4.69, 9.17) is 15.3 Å². The molecule has 1 aliphatic heterocycles. The fraction of sp³-hybridized carbons (Fsp3) is 0.750. The first-order valence-electron chi connectivity index (χ1n) is 6.72. The van der Waals surface area contributed by atoms with Crippen LogP contribution in [0.3, 0.4) is 0 Å². The van der Waals surface area contributed by atoms with Crippen molar-refractivity contribution in [3.63, 3.8) is 0 Å². The maximum absolute atomic E-state index is 5.59. The molecule has 1 aromatic heterocycles. The van der Waals surface area contributed by atoms with Crippen LogP contribution in [0.5, 0.6) is 6.01 Å². The van der Waals surface area contributed by atoms with Gasteiger partial charge in [-0.1, -0.05) is 0 Å². The molecule has 8 heteroatoms. The number of ether oxygens (including phenoxy) is 2. The highest BCUT2D eigenvalue weighted by Crippen LogP contribution is 2.28. The van der Waals surface area contributed by atoms with E-state index in [0.717, 1.165) is 6.42 Å². The Bertz CT molecular complexity index is 469. The third-order valence-electron chi connectivity index (χ3n) is 3.37. The average molecular weight is 282 g/mol. The van der Waals surface area contributed by atoms with Crippen LogP contribution in [0.25, 0.3) is 0 Å². The monoisotopic (exact) mass is 282 g/mol. The lowest BCUT2D eigenvalue weighted by Crippen LogP contribution is -2.42. The van der Waals surface area contributed by atoms with Gasteiger partial charge in [-0.25, -0.2) is 5.84 Å². The number of hydrazine groups is 1.